The predicted octanol–water partition coefficient (Wildman–Crippen LogP) is 1.82. The monoisotopic (exact) mass is 246 g/mol. The summed E-state index contributed by atoms with van der Waals surface area (Å²) in [6.45, 7) is -0.125. The Kier molecular flexibility index (Phi) is 4.19. The highest BCUT2D eigenvalue weighted by Crippen LogP contribution is 2.22. The van der Waals surface area contributed by atoms with Crippen molar-refractivity contribution in [2.24, 2.45) is 0 Å². The van der Waals surface area contributed by atoms with Gasteiger partial charge in [-0.2, -0.15) is 0 Å². The van der Waals surface area contributed by atoms with E-state index >= 15 is 0 Å². The summed E-state index contributed by atoms with van der Waals surface area (Å²) < 4.78 is 5.46. The molecule has 5 heteroatoms. The average molecular weight is 246 g/mol. The van der Waals surface area contributed by atoms with Gasteiger partial charge in [0, 0.05) is 5.56 Å². The van der Waals surface area contributed by atoms with Gasteiger partial charge in [-0.1, -0.05) is 41.8 Å². The van der Waals surface area contributed by atoms with Crippen LogP contribution in [0.5, 0.6) is 0 Å². The lowest BCUT2D eigenvalue weighted by molar-refractivity contribution is 0.350. The molecule has 2 rings (SSSR count). The van der Waals surface area contributed by atoms with Gasteiger partial charge in [-0.05, 0) is 12.1 Å². The third-order valence-corrected chi connectivity index (χ3v) is 2.60. The molecule has 0 aliphatic heterocycles. The van der Waals surface area contributed by atoms with Gasteiger partial charge in [0.05, 0.1) is 5.75 Å². The number of aromatic nitrogens is 2. The first-order chi connectivity index (χ1) is 8.40. The van der Waals surface area contributed by atoms with Crippen molar-refractivity contribution in [2.75, 3.05) is 12.4 Å². The molecule has 17 heavy (non-hydrogen) atoms. The maximum absolute atomic E-state index is 8.48. The van der Waals surface area contributed by atoms with Crippen LogP contribution >= 0.6 is 11.8 Å². The molecule has 0 saturated carbocycles. The van der Waals surface area contributed by atoms with Crippen molar-refractivity contribution >= 4 is 11.8 Å². The van der Waals surface area contributed by atoms with Gasteiger partial charge < -0.3 is 9.52 Å². The predicted molar refractivity (Wildman–Crippen MR) is 65.3 cm³/mol. The fourth-order valence-corrected chi connectivity index (χ4v) is 1.70. The van der Waals surface area contributed by atoms with E-state index in [9.17, 15) is 0 Å². The number of thioether (sulfide) groups is 1. The largest absolute Gasteiger partial charge is 0.411 e. The number of rotatable bonds is 3. The van der Waals surface area contributed by atoms with Crippen LogP contribution in [0.3, 0.4) is 0 Å². The Morgan fingerprint density at radius 2 is 2.00 bits per heavy atom. The Balaban J connectivity index is 2.01. The molecule has 1 N–H and O–H groups in total. The van der Waals surface area contributed by atoms with E-state index in [1.807, 2.05) is 30.3 Å². The number of hydrogen-bond acceptors (Lipinski definition) is 5. The SMILES string of the molecule is OCC#CCSc1nnc(-c2ccccc2)o1. The Morgan fingerprint density at radius 3 is 2.76 bits per heavy atom. The van der Waals surface area contributed by atoms with Gasteiger partial charge in [-0.15, -0.1) is 10.2 Å². The number of nitrogens with zero attached hydrogens (tertiary/aromatic N) is 2. The van der Waals surface area contributed by atoms with Gasteiger partial charge in [0.2, 0.25) is 5.89 Å². The van der Waals surface area contributed by atoms with Crippen LogP contribution in [0.15, 0.2) is 40.0 Å². The van der Waals surface area contributed by atoms with Crippen LogP contribution in [0.2, 0.25) is 0 Å². The molecule has 0 unspecified atom stereocenters. The van der Waals surface area contributed by atoms with Crippen LogP contribution in [0, 0.1) is 11.8 Å². The summed E-state index contributed by atoms with van der Waals surface area (Å²) in [6.07, 6.45) is 0. The van der Waals surface area contributed by atoms with Gasteiger partial charge in [0.25, 0.3) is 5.22 Å². The Morgan fingerprint density at radius 1 is 1.18 bits per heavy atom. The Hall–Kier alpha value is -1.77. The lowest BCUT2D eigenvalue weighted by Gasteiger charge is -1.91. The van der Waals surface area contributed by atoms with E-state index in [4.69, 9.17) is 9.52 Å². The Bertz CT molecular complexity index is 528. The molecule has 4 nitrogen and oxygen atoms in total. The number of benzene rings is 1. The molecule has 1 aromatic heterocycles. The molecule has 2 aromatic rings. The summed E-state index contributed by atoms with van der Waals surface area (Å²) >= 11 is 1.35. The molecule has 1 aromatic carbocycles. The van der Waals surface area contributed by atoms with Crippen molar-refractivity contribution in [1.82, 2.24) is 10.2 Å². The quantitative estimate of drug-likeness (QED) is 0.661. The van der Waals surface area contributed by atoms with Gasteiger partial charge in [-0.3, -0.25) is 0 Å². The molecule has 0 aliphatic carbocycles. The van der Waals surface area contributed by atoms with Gasteiger partial charge in [0.15, 0.2) is 0 Å². The van der Waals surface area contributed by atoms with Crippen molar-refractivity contribution in [3.05, 3.63) is 30.3 Å². The Labute approximate surface area is 103 Å². The first-order valence-corrected chi connectivity index (χ1v) is 5.97. The van der Waals surface area contributed by atoms with E-state index in [-0.39, 0.29) is 6.61 Å². The van der Waals surface area contributed by atoms with Crippen LogP contribution in [-0.2, 0) is 0 Å². The molecule has 86 valence electrons. The van der Waals surface area contributed by atoms with Crippen molar-refractivity contribution in [2.45, 2.75) is 5.22 Å². The van der Waals surface area contributed by atoms with E-state index in [0.717, 1.165) is 5.56 Å². The summed E-state index contributed by atoms with van der Waals surface area (Å²) in [4.78, 5) is 0. The minimum absolute atomic E-state index is 0.125. The molecule has 0 saturated heterocycles. The third kappa shape index (κ3) is 3.34. The highest BCUT2D eigenvalue weighted by Gasteiger charge is 2.07. The van der Waals surface area contributed by atoms with Gasteiger partial charge in [0.1, 0.15) is 6.61 Å². The number of aliphatic hydroxyl groups excluding tert-OH is 1. The number of aliphatic hydroxyl groups is 1. The summed E-state index contributed by atoms with van der Waals surface area (Å²) in [5.41, 5.74) is 0.897. The molecular weight excluding hydrogens is 236 g/mol. The summed E-state index contributed by atoms with van der Waals surface area (Å²) in [5, 5.41) is 16.8. The first kappa shape index (κ1) is 11.7. The summed E-state index contributed by atoms with van der Waals surface area (Å²) in [5.74, 6) is 6.35. The summed E-state index contributed by atoms with van der Waals surface area (Å²) in [6, 6.07) is 9.58. The molecule has 0 fully saturated rings. The van der Waals surface area contributed by atoms with E-state index in [0.29, 0.717) is 16.9 Å². The molecule has 0 atom stereocenters. The second-order valence-corrected chi connectivity index (χ2v) is 3.97. The first-order valence-electron chi connectivity index (χ1n) is 4.98. The van der Waals surface area contributed by atoms with Crippen molar-refractivity contribution in [3.8, 4) is 23.3 Å². The van der Waals surface area contributed by atoms with Gasteiger partial charge in [-0.25, -0.2) is 0 Å². The maximum atomic E-state index is 8.48. The zero-order chi connectivity index (χ0) is 11.9. The van der Waals surface area contributed by atoms with Crippen LogP contribution in [0.4, 0.5) is 0 Å². The van der Waals surface area contributed by atoms with E-state index in [1.165, 1.54) is 11.8 Å². The molecule has 0 radical (unpaired) electrons. The lowest BCUT2D eigenvalue weighted by Crippen LogP contribution is -1.77. The highest BCUT2D eigenvalue weighted by atomic mass is 32.2. The standard InChI is InChI=1S/C12H10N2O2S/c15-8-4-5-9-17-12-14-13-11(16-12)10-6-2-1-3-7-10/h1-3,6-7,15H,8-9H2. The van der Waals surface area contributed by atoms with E-state index in [2.05, 4.69) is 22.0 Å². The molecule has 0 bridgehead atoms. The fourth-order valence-electron chi connectivity index (χ4n) is 1.17. The zero-order valence-corrected chi connectivity index (χ0v) is 9.78. The normalized spacial score (nSPS) is 9.71. The van der Waals surface area contributed by atoms with E-state index in [1.54, 1.807) is 0 Å². The molecule has 0 spiro atoms. The highest BCUT2D eigenvalue weighted by molar-refractivity contribution is 7.99. The molecule has 1 heterocycles. The smallest absolute Gasteiger partial charge is 0.277 e. The fraction of sp³-hybridized carbons (Fsp3) is 0.167. The zero-order valence-electron chi connectivity index (χ0n) is 8.96. The van der Waals surface area contributed by atoms with Crippen LogP contribution in [0.25, 0.3) is 11.5 Å². The lowest BCUT2D eigenvalue weighted by atomic mass is 10.2. The second kappa shape index (κ2) is 6.09. The topological polar surface area (TPSA) is 59.2 Å². The molecular formula is C12H10N2O2S. The van der Waals surface area contributed by atoms with Crippen LogP contribution in [0.1, 0.15) is 0 Å². The van der Waals surface area contributed by atoms with Gasteiger partial charge >= 0.3 is 0 Å². The maximum Gasteiger partial charge on any atom is 0.277 e. The second-order valence-electron chi connectivity index (χ2n) is 3.04. The van der Waals surface area contributed by atoms with E-state index < -0.39 is 0 Å². The van der Waals surface area contributed by atoms with Crippen LogP contribution < -0.4 is 0 Å². The van der Waals surface area contributed by atoms with Crippen molar-refractivity contribution in [1.29, 1.82) is 0 Å². The molecule has 0 amide bonds. The minimum atomic E-state index is -0.125. The van der Waals surface area contributed by atoms with Crippen molar-refractivity contribution in [3.63, 3.8) is 0 Å². The van der Waals surface area contributed by atoms with Crippen LogP contribution in [-0.4, -0.2) is 27.7 Å². The number of hydrogen-bond donors (Lipinski definition) is 1. The summed E-state index contributed by atoms with van der Waals surface area (Å²) in [7, 11) is 0. The molecule has 0 aliphatic rings. The average Bonchev–Trinajstić information content (AvgIpc) is 2.85. The minimum Gasteiger partial charge on any atom is -0.411 e. The van der Waals surface area contributed by atoms with Crippen molar-refractivity contribution < 1.29 is 9.52 Å². The third-order valence-electron chi connectivity index (χ3n) is 1.90.